The third-order valence-electron chi connectivity index (χ3n) is 6.05. The summed E-state index contributed by atoms with van der Waals surface area (Å²) < 4.78 is 25.2. The average Bonchev–Trinajstić information content (AvgIpc) is 2.73. The first-order valence-corrected chi connectivity index (χ1v) is 11.3. The smallest absolute Gasteiger partial charge is 0.253 e. The molecular weight excluding hydrogens is 395 g/mol. The molecule has 2 saturated heterocycles. The zero-order chi connectivity index (χ0) is 22.4. The lowest BCUT2D eigenvalue weighted by Gasteiger charge is -2.49. The van der Waals surface area contributed by atoms with Crippen LogP contribution in [0.1, 0.15) is 56.0 Å². The summed E-state index contributed by atoms with van der Waals surface area (Å²) in [5.41, 5.74) is 1.32. The number of halogens is 1. The highest BCUT2D eigenvalue weighted by molar-refractivity contribution is 5.94. The van der Waals surface area contributed by atoms with Crippen LogP contribution < -0.4 is 4.74 Å². The van der Waals surface area contributed by atoms with Crippen molar-refractivity contribution in [2.45, 2.75) is 64.8 Å². The van der Waals surface area contributed by atoms with Gasteiger partial charge in [0.2, 0.25) is 0 Å². The number of alkyl halides is 1. The Bertz CT molecular complexity index is 822. The van der Waals surface area contributed by atoms with Crippen molar-refractivity contribution in [1.82, 2.24) is 9.80 Å². The number of hydrogen-bond donors (Lipinski definition) is 0. The van der Waals surface area contributed by atoms with Crippen molar-refractivity contribution in [1.29, 1.82) is 0 Å². The molecule has 1 unspecified atom stereocenters. The predicted octanol–water partition coefficient (Wildman–Crippen LogP) is 3.84. The molecule has 1 amide bonds. The fraction of sp³-hybridized carbons (Fsp3) is 0.640. The Morgan fingerprint density at radius 2 is 2.10 bits per heavy atom. The van der Waals surface area contributed by atoms with Crippen LogP contribution in [0.4, 0.5) is 4.39 Å². The van der Waals surface area contributed by atoms with Gasteiger partial charge in [-0.1, -0.05) is 5.92 Å². The van der Waals surface area contributed by atoms with E-state index in [1.807, 2.05) is 50.8 Å². The molecule has 1 atom stereocenters. The Morgan fingerprint density at radius 3 is 2.71 bits per heavy atom. The molecule has 6 heteroatoms. The summed E-state index contributed by atoms with van der Waals surface area (Å²) in [4.78, 5) is 17.3. The number of rotatable bonds is 6. The van der Waals surface area contributed by atoms with Gasteiger partial charge in [-0.05, 0) is 64.3 Å². The minimum Gasteiger partial charge on any atom is -0.491 e. The minimum absolute atomic E-state index is 0.0406. The number of morpholine rings is 1. The van der Waals surface area contributed by atoms with Crippen LogP contribution in [-0.4, -0.2) is 72.9 Å². The molecular formula is C25H35FN2O3. The lowest BCUT2D eigenvalue weighted by Crippen LogP contribution is -2.60. The average molecular weight is 431 g/mol. The third kappa shape index (κ3) is 5.99. The fourth-order valence-corrected chi connectivity index (χ4v) is 4.52. The van der Waals surface area contributed by atoms with Crippen LogP contribution in [0.15, 0.2) is 18.2 Å². The van der Waals surface area contributed by atoms with Crippen molar-refractivity contribution in [3.63, 3.8) is 0 Å². The van der Waals surface area contributed by atoms with Gasteiger partial charge in [0.25, 0.3) is 5.91 Å². The Morgan fingerprint density at radius 1 is 1.35 bits per heavy atom. The van der Waals surface area contributed by atoms with E-state index < -0.39 is 0 Å². The number of benzene rings is 1. The molecule has 0 bridgehead atoms. The van der Waals surface area contributed by atoms with Crippen molar-refractivity contribution in [3.05, 3.63) is 29.3 Å². The molecule has 1 aromatic rings. The quantitative estimate of drug-likeness (QED) is 0.643. The van der Waals surface area contributed by atoms with E-state index in [4.69, 9.17) is 9.47 Å². The molecule has 2 aliphatic rings. The summed E-state index contributed by atoms with van der Waals surface area (Å²) in [6.45, 7) is 10.9. The van der Waals surface area contributed by atoms with E-state index in [-0.39, 0.29) is 30.4 Å². The topological polar surface area (TPSA) is 42.0 Å². The molecule has 170 valence electrons. The number of carbonyl (C=O) groups is 1. The summed E-state index contributed by atoms with van der Waals surface area (Å²) >= 11 is 0. The SMILES string of the molecule is CC#CCN1CC(CCF)OC2(CCN(C(=O)c3ccc(OC(C)C)c(C)c3)CC2)C1. The molecule has 0 aromatic heterocycles. The second-order valence-corrected chi connectivity index (χ2v) is 8.94. The highest BCUT2D eigenvalue weighted by atomic mass is 19.1. The molecule has 3 rings (SSSR count). The maximum absolute atomic E-state index is 13.1. The largest absolute Gasteiger partial charge is 0.491 e. The van der Waals surface area contributed by atoms with Gasteiger partial charge < -0.3 is 14.4 Å². The first-order chi connectivity index (χ1) is 14.9. The Balaban J connectivity index is 1.65. The van der Waals surface area contributed by atoms with Crippen LogP contribution >= 0.6 is 0 Å². The Labute approximate surface area is 185 Å². The summed E-state index contributed by atoms with van der Waals surface area (Å²) in [6, 6.07) is 5.63. The van der Waals surface area contributed by atoms with Crippen LogP contribution in [0, 0.1) is 18.8 Å². The zero-order valence-electron chi connectivity index (χ0n) is 19.2. The van der Waals surface area contributed by atoms with Crippen LogP contribution in [-0.2, 0) is 4.74 Å². The number of carbonyl (C=O) groups excluding carboxylic acids is 1. The number of aryl methyl sites for hydroxylation is 1. The molecule has 2 heterocycles. The molecule has 2 aliphatic heterocycles. The second-order valence-electron chi connectivity index (χ2n) is 8.94. The van der Waals surface area contributed by atoms with Crippen molar-refractivity contribution in [3.8, 4) is 17.6 Å². The second kappa shape index (κ2) is 10.5. The molecule has 0 aliphatic carbocycles. The molecule has 31 heavy (non-hydrogen) atoms. The zero-order valence-corrected chi connectivity index (χ0v) is 19.2. The molecule has 1 aromatic carbocycles. The van der Waals surface area contributed by atoms with Crippen LogP contribution in [0.2, 0.25) is 0 Å². The van der Waals surface area contributed by atoms with Gasteiger partial charge in [-0.2, -0.15) is 0 Å². The summed E-state index contributed by atoms with van der Waals surface area (Å²) in [5.74, 6) is 6.92. The monoisotopic (exact) mass is 430 g/mol. The van der Waals surface area contributed by atoms with Gasteiger partial charge in [0.05, 0.1) is 31.0 Å². The molecule has 0 N–H and O–H groups in total. The predicted molar refractivity (Wildman–Crippen MR) is 120 cm³/mol. The van der Waals surface area contributed by atoms with Gasteiger partial charge in [-0.25, -0.2) is 0 Å². The number of hydrogen-bond acceptors (Lipinski definition) is 4. The van der Waals surface area contributed by atoms with Crippen LogP contribution in [0.5, 0.6) is 5.75 Å². The maximum Gasteiger partial charge on any atom is 0.253 e. The number of likely N-dealkylation sites (tertiary alicyclic amines) is 1. The maximum atomic E-state index is 13.1. The number of ether oxygens (including phenoxy) is 2. The van der Waals surface area contributed by atoms with E-state index in [9.17, 15) is 9.18 Å². The van der Waals surface area contributed by atoms with Gasteiger partial charge in [-0.15, -0.1) is 5.92 Å². The third-order valence-corrected chi connectivity index (χ3v) is 6.05. The molecule has 0 radical (unpaired) electrons. The van der Waals surface area contributed by atoms with Crippen molar-refractivity contribution < 1.29 is 18.7 Å². The van der Waals surface area contributed by atoms with Gasteiger partial charge >= 0.3 is 0 Å². The van der Waals surface area contributed by atoms with Gasteiger partial charge in [0.15, 0.2) is 0 Å². The molecule has 5 nitrogen and oxygen atoms in total. The summed E-state index contributed by atoms with van der Waals surface area (Å²) in [7, 11) is 0. The van der Waals surface area contributed by atoms with Crippen molar-refractivity contribution in [2.75, 3.05) is 39.4 Å². The van der Waals surface area contributed by atoms with Crippen LogP contribution in [0.3, 0.4) is 0 Å². The minimum atomic E-state index is -0.380. The first-order valence-electron chi connectivity index (χ1n) is 11.3. The van der Waals surface area contributed by atoms with Gasteiger partial charge in [0, 0.05) is 38.2 Å². The van der Waals surface area contributed by atoms with E-state index >= 15 is 0 Å². The fourth-order valence-electron chi connectivity index (χ4n) is 4.52. The number of nitrogens with zero attached hydrogens (tertiary/aromatic N) is 2. The van der Waals surface area contributed by atoms with Crippen LogP contribution in [0.25, 0.3) is 0 Å². The summed E-state index contributed by atoms with van der Waals surface area (Å²) in [6.07, 6.45) is 1.90. The highest BCUT2D eigenvalue weighted by Gasteiger charge is 2.43. The highest BCUT2D eigenvalue weighted by Crippen LogP contribution is 2.34. The number of piperidine rings is 1. The standard InChI is InChI=1S/C25H35FN2O3/c1-5-6-13-27-17-22(9-12-26)31-25(18-27)10-14-28(15-11-25)24(29)21-7-8-23(20(4)16-21)30-19(2)3/h7-8,16,19,22H,9-15,17-18H2,1-4H3. The van der Waals surface area contributed by atoms with Crippen molar-refractivity contribution in [2.24, 2.45) is 0 Å². The van der Waals surface area contributed by atoms with Crippen molar-refractivity contribution >= 4 is 5.91 Å². The van der Waals surface area contributed by atoms with E-state index in [1.54, 1.807) is 0 Å². The lowest BCUT2D eigenvalue weighted by molar-refractivity contribution is -0.173. The normalized spacial score (nSPS) is 21.1. The number of amides is 1. The van der Waals surface area contributed by atoms with E-state index in [1.165, 1.54) is 0 Å². The molecule has 1 spiro atoms. The lowest BCUT2D eigenvalue weighted by atomic mass is 9.88. The summed E-state index contributed by atoms with van der Waals surface area (Å²) in [5, 5.41) is 0. The van der Waals surface area contributed by atoms with Gasteiger partial charge in [0.1, 0.15) is 5.75 Å². The Kier molecular flexibility index (Phi) is 7.96. The van der Waals surface area contributed by atoms with E-state index in [0.717, 1.165) is 30.7 Å². The van der Waals surface area contributed by atoms with Gasteiger partial charge in [-0.3, -0.25) is 14.1 Å². The van der Waals surface area contributed by atoms with E-state index in [0.29, 0.717) is 38.2 Å². The Hall–Kier alpha value is -2.10. The first kappa shape index (κ1) is 23.6. The van der Waals surface area contributed by atoms with E-state index in [2.05, 4.69) is 16.7 Å². The molecule has 0 saturated carbocycles. The molecule has 2 fully saturated rings.